The number of carbonyl (C=O) groups excluding carboxylic acids is 1. The van der Waals surface area contributed by atoms with Crippen LogP contribution in [0.15, 0.2) is 30.9 Å². The molecule has 2 bridgehead atoms. The molecule has 38 heavy (non-hydrogen) atoms. The fraction of sp³-hybridized carbons (Fsp3) is 0.655. The molecule has 1 unspecified atom stereocenters. The molecule has 1 aromatic carbocycles. The van der Waals surface area contributed by atoms with Gasteiger partial charge in [0.15, 0.2) is 18.1 Å². The molecule has 5 rings (SSSR count). The van der Waals surface area contributed by atoms with Crippen molar-refractivity contribution in [3.8, 4) is 5.75 Å². The third kappa shape index (κ3) is 3.72. The van der Waals surface area contributed by atoms with Gasteiger partial charge in [-0.25, -0.2) is 9.18 Å². The summed E-state index contributed by atoms with van der Waals surface area (Å²) in [4.78, 5) is 26.5. The highest BCUT2D eigenvalue weighted by Gasteiger charge is 2.71. The fourth-order valence-electron chi connectivity index (χ4n) is 8.58. The second kappa shape index (κ2) is 9.17. The Kier molecular flexibility index (Phi) is 6.60. The standard InChI is InChI=1S/C29H38BFO7/c1-6-27(4)12-19(23(26(34)35)38-18-8-7-17-14-37-30(36)20(17)11-18)28(5)15(2)9-10-29(16(3)25(27)33)13-21(31)22(32)24(28)29/h6-8,11,15-16,19,21,23-25,33,36H,1,9-10,12-14H2,2-5H3,(H,34,35)/t15-,16+,19+,21+,23?,24+,25+,27-,28-,29+/m1/s1. The number of carbonyl (C=O) groups is 2. The number of aliphatic hydroxyl groups is 1. The summed E-state index contributed by atoms with van der Waals surface area (Å²) in [5, 5.41) is 32.4. The van der Waals surface area contributed by atoms with Crippen LogP contribution >= 0.6 is 0 Å². The Morgan fingerprint density at radius 3 is 2.68 bits per heavy atom. The minimum atomic E-state index is -1.64. The monoisotopic (exact) mass is 528 g/mol. The SMILES string of the molecule is C=C[C@]1(C)C[C@@H](C(Oc2ccc3c(c2)B(O)OC3)C(=O)O)[C@@]2(C)[C@H](C)CC[C@]3(C[C@H](F)C(=O)[C@H]32)[C@@H](C)[C@@H]1O. The van der Waals surface area contributed by atoms with Crippen LogP contribution in [0.3, 0.4) is 0 Å². The first-order chi connectivity index (χ1) is 17.8. The summed E-state index contributed by atoms with van der Waals surface area (Å²) in [6, 6.07) is 4.98. The number of ether oxygens (including phenoxy) is 1. The lowest BCUT2D eigenvalue weighted by Gasteiger charge is -2.62. The van der Waals surface area contributed by atoms with E-state index < -0.39 is 65.3 Å². The molecule has 4 aliphatic rings. The van der Waals surface area contributed by atoms with E-state index in [2.05, 4.69) is 6.58 Å². The number of aliphatic hydroxyl groups excluding tert-OH is 1. The van der Waals surface area contributed by atoms with E-state index in [1.54, 1.807) is 24.3 Å². The first-order valence-corrected chi connectivity index (χ1v) is 13.6. The van der Waals surface area contributed by atoms with E-state index in [0.29, 0.717) is 18.3 Å². The number of halogens is 1. The fourth-order valence-corrected chi connectivity index (χ4v) is 8.58. The van der Waals surface area contributed by atoms with Crippen LogP contribution in [0.4, 0.5) is 4.39 Å². The molecular weight excluding hydrogens is 490 g/mol. The lowest BCUT2D eigenvalue weighted by atomic mass is 9.41. The van der Waals surface area contributed by atoms with Crippen LogP contribution in [0.2, 0.25) is 0 Å². The molecule has 9 heteroatoms. The summed E-state index contributed by atoms with van der Waals surface area (Å²) in [6.45, 7) is 12.0. The lowest BCUT2D eigenvalue weighted by Crippen LogP contribution is -2.63. The number of benzene rings is 1. The van der Waals surface area contributed by atoms with Gasteiger partial charge in [0.25, 0.3) is 0 Å². The Hall–Kier alpha value is -2.23. The summed E-state index contributed by atoms with van der Waals surface area (Å²) < 4.78 is 26.8. The Morgan fingerprint density at radius 1 is 1.32 bits per heavy atom. The van der Waals surface area contributed by atoms with Crippen molar-refractivity contribution < 1.29 is 38.6 Å². The smallest absolute Gasteiger partial charge is 0.478 e. The maximum atomic E-state index is 15.4. The van der Waals surface area contributed by atoms with Crippen molar-refractivity contribution in [1.82, 2.24) is 0 Å². The van der Waals surface area contributed by atoms with Gasteiger partial charge in [-0.2, -0.15) is 0 Å². The van der Waals surface area contributed by atoms with Crippen molar-refractivity contribution in [2.45, 2.75) is 78.4 Å². The number of alkyl halides is 1. The molecule has 3 fully saturated rings. The van der Waals surface area contributed by atoms with Gasteiger partial charge < -0.3 is 24.6 Å². The molecule has 0 saturated heterocycles. The molecule has 3 aliphatic carbocycles. The number of rotatable bonds is 5. The van der Waals surface area contributed by atoms with E-state index in [1.165, 1.54) is 0 Å². The second-order valence-electron chi connectivity index (χ2n) is 12.7. The van der Waals surface area contributed by atoms with Crippen molar-refractivity contribution in [3.63, 3.8) is 0 Å². The molecule has 1 heterocycles. The molecule has 7 nitrogen and oxygen atoms in total. The zero-order valence-corrected chi connectivity index (χ0v) is 22.5. The van der Waals surface area contributed by atoms with E-state index in [4.69, 9.17) is 9.39 Å². The number of Topliss-reactive ketones (excluding diaryl/α,β-unsaturated/α-hetero) is 1. The Bertz CT molecular complexity index is 1160. The van der Waals surface area contributed by atoms with Crippen molar-refractivity contribution in [1.29, 1.82) is 0 Å². The third-order valence-corrected chi connectivity index (χ3v) is 11.1. The quantitative estimate of drug-likeness (QED) is 0.397. The normalized spacial score (nSPS) is 43.0. The van der Waals surface area contributed by atoms with Gasteiger partial charge in [-0.15, -0.1) is 6.58 Å². The van der Waals surface area contributed by atoms with E-state index in [-0.39, 0.29) is 37.0 Å². The van der Waals surface area contributed by atoms with Gasteiger partial charge in [-0.05, 0) is 71.5 Å². The van der Waals surface area contributed by atoms with Crippen LogP contribution in [0.1, 0.15) is 58.9 Å². The Labute approximate surface area is 223 Å². The molecule has 1 aliphatic heterocycles. The summed E-state index contributed by atoms with van der Waals surface area (Å²) in [6.07, 6.45) is -0.764. The van der Waals surface area contributed by atoms with E-state index in [0.717, 1.165) is 5.56 Å². The van der Waals surface area contributed by atoms with Crippen molar-refractivity contribution in [2.24, 2.45) is 39.9 Å². The molecule has 0 radical (unpaired) electrons. The predicted molar refractivity (Wildman–Crippen MR) is 139 cm³/mol. The van der Waals surface area contributed by atoms with Crippen LogP contribution < -0.4 is 10.2 Å². The average molecular weight is 528 g/mol. The number of carboxylic acids is 1. The number of aliphatic carboxylic acids is 1. The first-order valence-electron chi connectivity index (χ1n) is 13.6. The van der Waals surface area contributed by atoms with Gasteiger partial charge in [0.1, 0.15) is 5.75 Å². The van der Waals surface area contributed by atoms with Gasteiger partial charge in [-0.3, -0.25) is 4.79 Å². The summed E-state index contributed by atoms with van der Waals surface area (Å²) in [5.41, 5.74) is -1.26. The number of ketones is 1. The molecule has 1 aromatic rings. The largest absolute Gasteiger partial charge is 0.491 e. The summed E-state index contributed by atoms with van der Waals surface area (Å²) in [5.74, 6) is -3.36. The highest BCUT2D eigenvalue weighted by Crippen LogP contribution is 2.69. The van der Waals surface area contributed by atoms with Gasteiger partial charge in [0, 0.05) is 17.3 Å². The number of hydrogen-bond donors (Lipinski definition) is 3. The van der Waals surface area contributed by atoms with E-state index in [9.17, 15) is 24.8 Å². The Morgan fingerprint density at radius 2 is 2.03 bits per heavy atom. The van der Waals surface area contributed by atoms with Crippen molar-refractivity contribution in [2.75, 3.05) is 0 Å². The van der Waals surface area contributed by atoms with E-state index in [1.807, 2.05) is 27.7 Å². The number of fused-ring (bicyclic) bond motifs is 1. The predicted octanol–water partition coefficient (Wildman–Crippen LogP) is 3.30. The minimum Gasteiger partial charge on any atom is -0.478 e. The van der Waals surface area contributed by atoms with Crippen LogP contribution in [-0.4, -0.2) is 52.5 Å². The molecule has 0 amide bonds. The Balaban J connectivity index is 1.67. The highest BCUT2D eigenvalue weighted by molar-refractivity contribution is 6.61. The lowest BCUT2D eigenvalue weighted by molar-refractivity contribution is -0.193. The van der Waals surface area contributed by atoms with Crippen molar-refractivity contribution in [3.05, 3.63) is 36.4 Å². The highest BCUT2D eigenvalue weighted by atomic mass is 19.1. The maximum Gasteiger partial charge on any atom is 0.491 e. The molecule has 0 spiro atoms. The first kappa shape index (κ1) is 27.3. The maximum absolute atomic E-state index is 15.4. The van der Waals surface area contributed by atoms with Gasteiger partial charge >= 0.3 is 13.1 Å². The van der Waals surface area contributed by atoms with Crippen LogP contribution in [0, 0.1) is 39.9 Å². The molecular formula is C29H38BFO7. The van der Waals surface area contributed by atoms with E-state index >= 15 is 4.39 Å². The summed E-state index contributed by atoms with van der Waals surface area (Å²) in [7, 11) is -1.12. The van der Waals surface area contributed by atoms with Gasteiger partial charge in [0.05, 0.1) is 12.7 Å². The molecule has 3 N–H and O–H groups in total. The van der Waals surface area contributed by atoms with Gasteiger partial charge in [-0.1, -0.05) is 39.8 Å². The second-order valence-corrected chi connectivity index (χ2v) is 12.7. The average Bonchev–Trinajstić information content (AvgIpc) is 3.38. The van der Waals surface area contributed by atoms with Gasteiger partial charge in [0.2, 0.25) is 0 Å². The molecule has 206 valence electrons. The molecule has 10 atom stereocenters. The summed E-state index contributed by atoms with van der Waals surface area (Å²) >= 11 is 0. The topological polar surface area (TPSA) is 113 Å². The zero-order chi connectivity index (χ0) is 27.8. The van der Waals surface area contributed by atoms with Crippen LogP contribution in [0.5, 0.6) is 5.75 Å². The zero-order valence-electron chi connectivity index (χ0n) is 22.5. The minimum absolute atomic E-state index is 0.0400. The van der Waals surface area contributed by atoms with Crippen LogP contribution in [0.25, 0.3) is 0 Å². The number of carboxylic acid groups (broad SMARTS) is 1. The van der Waals surface area contributed by atoms with Crippen molar-refractivity contribution >= 4 is 24.3 Å². The number of hydrogen-bond acceptors (Lipinski definition) is 6. The third-order valence-electron chi connectivity index (χ3n) is 11.1. The molecule has 3 saturated carbocycles. The van der Waals surface area contributed by atoms with Crippen LogP contribution in [-0.2, 0) is 20.9 Å². The molecule has 0 aromatic heterocycles.